The normalized spacial score (nSPS) is 10.8. The van der Waals surface area contributed by atoms with Gasteiger partial charge in [-0.3, -0.25) is 9.59 Å². The molecule has 2 aromatic carbocycles. The van der Waals surface area contributed by atoms with Crippen molar-refractivity contribution in [3.63, 3.8) is 0 Å². The average molecular weight is 405 g/mol. The van der Waals surface area contributed by atoms with E-state index in [0.29, 0.717) is 24.3 Å². The van der Waals surface area contributed by atoms with Crippen LogP contribution in [0.2, 0.25) is 0 Å². The van der Waals surface area contributed by atoms with Crippen molar-refractivity contribution >= 4 is 11.8 Å². The van der Waals surface area contributed by atoms with Crippen LogP contribution in [0, 0.1) is 5.92 Å². The number of benzene rings is 2. The van der Waals surface area contributed by atoms with E-state index in [1.807, 2.05) is 56.3 Å². The van der Waals surface area contributed by atoms with Crippen molar-refractivity contribution < 1.29 is 9.59 Å². The smallest absolute Gasteiger partial charge is 0.255 e. The topological polar surface area (TPSA) is 76.0 Å². The number of hydrogen-bond donors (Lipinski definition) is 2. The van der Waals surface area contributed by atoms with Crippen molar-refractivity contribution in [2.75, 3.05) is 13.1 Å². The SMILES string of the molecule is CCc1ccc(-c2nn(-c3ccccc3)cc2C(=O)NCCNC(=O)C(C)C)cc1. The third-order valence-electron chi connectivity index (χ3n) is 4.85. The Balaban J connectivity index is 1.83. The van der Waals surface area contributed by atoms with Crippen LogP contribution < -0.4 is 10.6 Å². The Kier molecular flexibility index (Phi) is 7.01. The van der Waals surface area contributed by atoms with Gasteiger partial charge in [0.05, 0.1) is 11.3 Å². The minimum atomic E-state index is -0.217. The number of carbonyl (C=O) groups excluding carboxylic acids is 2. The fraction of sp³-hybridized carbons (Fsp3) is 0.292. The van der Waals surface area contributed by atoms with Crippen LogP contribution in [0.5, 0.6) is 0 Å². The maximum Gasteiger partial charge on any atom is 0.255 e. The summed E-state index contributed by atoms with van der Waals surface area (Å²) in [4.78, 5) is 24.6. The van der Waals surface area contributed by atoms with Gasteiger partial charge in [-0.15, -0.1) is 0 Å². The van der Waals surface area contributed by atoms with Crippen molar-refractivity contribution in [1.29, 1.82) is 0 Å². The predicted octanol–water partition coefficient (Wildman–Crippen LogP) is 3.60. The molecule has 0 aliphatic heterocycles. The molecule has 0 unspecified atom stereocenters. The van der Waals surface area contributed by atoms with E-state index in [1.165, 1.54) is 5.56 Å². The second-order valence-electron chi connectivity index (χ2n) is 7.42. The minimum absolute atomic E-state index is 0.0298. The van der Waals surface area contributed by atoms with E-state index in [4.69, 9.17) is 5.10 Å². The molecule has 0 bridgehead atoms. The van der Waals surface area contributed by atoms with Crippen molar-refractivity contribution in [3.8, 4) is 16.9 Å². The molecule has 2 amide bonds. The Labute approximate surface area is 177 Å². The van der Waals surface area contributed by atoms with Gasteiger partial charge in [-0.2, -0.15) is 5.10 Å². The summed E-state index contributed by atoms with van der Waals surface area (Å²) in [6.45, 7) is 6.51. The number of carbonyl (C=O) groups is 2. The minimum Gasteiger partial charge on any atom is -0.354 e. The van der Waals surface area contributed by atoms with Gasteiger partial charge >= 0.3 is 0 Å². The Morgan fingerprint density at radius 2 is 1.63 bits per heavy atom. The third kappa shape index (κ3) is 5.14. The first kappa shape index (κ1) is 21.3. The first-order chi connectivity index (χ1) is 14.5. The van der Waals surface area contributed by atoms with E-state index >= 15 is 0 Å². The molecule has 0 radical (unpaired) electrons. The summed E-state index contributed by atoms with van der Waals surface area (Å²) in [6, 6.07) is 17.8. The van der Waals surface area contributed by atoms with Crippen LogP contribution in [-0.2, 0) is 11.2 Å². The van der Waals surface area contributed by atoms with E-state index in [1.54, 1.807) is 10.9 Å². The van der Waals surface area contributed by atoms with Crippen molar-refractivity contribution in [2.45, 2.75) is 27.2 Å². The summed E-state index contributed by atoms with van der Waals surface area (Å²) in [5, 5.41) is 10.4. The van der Waals surface area contributed by atoms with E-state index in [9.17, 15) is 9.59 Å². The molecule has 6 nitrogen and oxygen atoms in total. The standard InChI is InChI=1S/C24H28N4O2/c1-4-18-10-12-19(13-11-18)22-21(16-28(27-22)20-8-6-5-7-9-20)24(30)26-15-14-25-23(29)17(2)3/h5-13,16-17H,4,14-15H2,1-3H3,(H,25,29)(H,26,30). The maximum absolute atomic E-state index is 12.9. The van der Waals surface area contributed by atoms with Crippen LogP contribution in [0.25, 0.3) is 16.9 Å². The molecule has 0 spiro atoms. The van der Waals surface area contributed by atoms with Gasteiger partial charge in [0, 0.05) is 30.8 Å². The molecule has 0 aliphatic carbocycles. The zero-order valence-electron chi connectivity index (χ0n) is 17.7. The van der Waals surface area contributed by atoms with Crippen LogP contribution in [0.1, 0.15) is 36.7 Å². The lowest BCUT2D eigenvalue weighted by Gasteiger charge is -2.09. The van der Waals surface area contributed by atoms with E-state index in [-0.39, 0.29) is 17.7 Å². The Morgan fingerprint density at radius 3 is 2.27 bits per heavy atom. The zero-order valence-corrected chi connectivity index (χ0v) is 17.7. The fourth-order valence-electron chi connectivity index (χ4n) is 3.03. The highest BCUT2D eigenvalue weighted by Gasteiger charge is 2.18. The van der Waals surface area contributed by atoms with Gasteiger partial charge in [0.15, 0.2) is 0 Å². The van der Waals surface area contributed by atoms with Gasteiger partial charge in [0.25, 0.3) is 5.91 Å². The molecular formula is C24H28N4O2. The number of nitrogens with zero attached hydrogens (tertiary/aromatic N) is 2. The highest BCUT2D eigenvalue weighted by atomic mass is 16.2. The summed E-state index contributed by atoms with van der Waals surface area (Å²) in [7, 11) is 0. The van der Waals surface area contributed by atoms with Crippen LogP contribution in [0.15, 0.2) is 60.8 Å². The van der Waals surface area contributed by atoms with Crippen molar-refractivity contribution in [3.05, 3.63) is 71.9 Å². The van der Waals surface area contributed by atoms with Crippen molar-refractivity contribution in [2.24, 2.45) is 5.92 Å². The number of hydrogen-bond acceptors (Lipinski definition) is 3. The van der Waals surface area contributed by atoms with Crippen LogP contribution in [-0.4, -0.2) is 34.7 Å². The molecule has 0 atom stereocenters. The molecule has 3 aromatic rings. The lowest BCUT2D eigenvalue weighted by Crippen LogP contribution is -2.36. The predicted molar refractivity (Wildman–Crippen MR) is 119 cm³/mol. The van der Waals surface area contributed by atoms with Crippen LogP contribution in [0.3, 0.4) is 0 Å². The quantitative estimate of drug-likeness (QED) is 0.563. The summed E-state index contributed by atoms with van der Waals surface area (Å²) >= 11 is 0. The molecule has 156 valence electrons. The lowest BCUT2D eigenvalue weighted by atomic mass is 10.0. The first-order valence-corrected chi connectivity index (χ1v) is 10.3. The van der Waals surface area contributed by atoms with E-state index in [0.717, 1.165) is 17.7 Å². The molecule has 0 fully saturated rings. The van der Waals surface area contributed by atoms with E-state index < -0.39 is 0 Å². The fourth-order valence-corrected chi connectivity index (χ4v) is 3.03. The monoisotopic (exact) mass is 404 g/mol. The van der Waals surface area contributed by atoms with Crippen LogP contribution in [0.4, 0.5) is 0 Å². The third-order valence-corrected chi connectivity index (χ3v) is 4.85. The number of aromatic nitrogens is 2. The van der Waals surface area contributed by atoms with Crippen molar-refractivity contribution in [1.82, 2.24) is 20.4 Å². The first-order valence-electron chi connectivity index (χ1n) is 10.3. The van der Waals surface area contributed by atoms with E-state index in [2.05, 4.69) is 29.7 Å². The molecule has 0 saturated carbocycles. The number of amides is 2. The van der Waals surface area contributed by atoms with Gasteiger partial charge in [0.1, 0.15) is 5.69 Å². The zero-order chi connectivity index (χ0) is 21.5. The molecule has 3 rings (SSSR count). The second kappa shape index (κ2) is 9.87. The number of rotatable bonds is 8. The average Bonchev–Trinajstić information content (AvgIpc) is 3.22. The molecule has 1 heterocycles. The highest BCUT2D eigenvalue weighted by Crippen LogP contribution is 2.24. The number of nitrogens with one attached hydrogen (secondary N) is 2. The van der Waals surface area contributed by atoms with Gasteiger partial charge in [-0.05, 0) is 24.1 Å². The van der Waals surface area contributed by atoms with Gasteiger partial charge in [-0.1, -0.05) is 63.2 Å². The second-order valence-corrected chi connectivity index (χ2v) is 7.42. The highest BCUT2D eigenvalue weighted by molar-refractivity contribution is 6.00. The molecule has 2 N–H and O–H groups in total. The molecule has 0 saturated heterocycles. The number of para-hydroxylation sites is 1. The molecule has 30 heavy (non-hydrogen) atoms. The van der Waals surface area contributed by atoms with Gasteiger partial charge in [0.2, 0.25) is 5.91 Å². The Morgan fingerprint density at radius 1 is 0.967 bits per heavy atom. The summed E-state index contributed by atoms with van der Waals surface area (Å²) in [5.41, 5.74) is 4.13. The van der Waals surface area contributed by atoms with Gasteiger partial charge < -0.3 is 10.6 Å². The molecular weight excluding hydrogens is 376 g/mol. The number of aryl methyl sites for hydroxylation is 1. The summed E-state index contributed by atoms with van der Waals surface area (Å²) in [6.07, 6.45) is 2.70. The Hall–Kier alpha value is -3.41. The molecule has 6 heteroatoms. The molecule has 0 aliphatic rings. The van der Waals surface area contributed by atoms with Gasteiger partial charge in [-0.25, -0.2) is 4.68 Å². The summed E-state index contributed by atoms with van der Waals surface area (Å²) < 4.78 is 1.72. The lowest BCUT2D eigenvalue weighted by molar-refractivity contribution is -0.123. The maximum atomic E-state index is 12.9. The molecule has 1 aromatic heterocycles. The largest absolute Gasteiger partial charge is 0.354 e. The Bertz CT molecular complexity index is 992. The van der Waals surface area contributed by atoms with Crippen LogP contribution >= 0.6 is 0 Å². The summed E-state index contributed by atoms with van der Waals surface area (Å²) in [5.74, 6) is -0.328.